The van der Waals surface area contributed by atoms with Gasteiger partial charge in [-0.05, 0) is 13.0 Å². The van der Waals surface area contributed by atoms with Gasteiger partial charge in [-0.15, -0.1) is 5.10 Å². The van der Waals surface area contributed by atoms with Crippen LogP contribution in [0.4, 0.5) is 5.69 Å². The number of ether oxygens (including phenoxy) is 1. The molecule has 0 fully saturated rings. The zero-order valence-corrected chi connectivity index (χ0v) is 11.9. The Morgan fingerprint density at radius 2 is 2.14 bits per heavy atom. The number of rotatable bonds is 4. The summed E-state index contributed by atoms with van der Waals surface area (Å²) in [6.07, 6.45) is 0. The van der Waals surface area contributed by atoms with Gasteiger partial charge in [0.15, 0.2) is 0 Å². The molecule has 0 spiro atoms. The summed E-state index contributed by atoms with van der Waals surface area (Å²) < 4.78 is 4.97. The fourth-order valence-corrected chi connectivity index (χ4v) is 1.82. The second kappa shape index (κ2) is 5.80. The topological polar surface area (TPSA) is 117 Å². The number of aromatic nitrogens is 3. The molecule has 0 atom stereocenters. The van der Waals surface area contributed by atoms with Gasteiger partial charge < -0.3 is 15.2 Å². The van der Waals surface area contributed by atoms with Gasteiger partial charge >= 0.3 is 5.97 Å². The Morgan fingerprint density at radius 1 is 1.43 bits per heavy atom. The lowest BCUT2D eigenvalue weighted by molar-refractivity contribution is 0.0693. The molecule has 0 unspecified atom stereocenters. The van der Waals surface area contributed by atoms with Crippen molar-refractivity contribution >= 4 is 29.2 Å². The van der Waals surface area contributed by atoms with Crippen molar-refractivity contribution in [3.8, 4) is 5.75 Å². The molecule has 9 heteroatoms. The first-order chi connectivity index (χ1) is 9.92. The standard InChI is InChI=1S/C12H11ClN4O4/c1-5-14-10(17-16-5)11(18)15-8-4-9(21-2)6(12(19)20)3-7(8)13/h3-4H,1-2H3,(H,15,18)(H,19,20)(H,14,16,17). The molecule has 1 aromatic heterocycles. The van der Waals surface area contributed by atoms with Gasteiger partial charge in [-0.3, -0.25) is 9.89 Å². The zero-order chi connectivity index (χ0) is 15.6. The number of aromatic amines is 1. The maximum absolute atomic E-state index is 11.9. The van der Waals surface area contributed by atoms with Crippen molar-refractivity contribution in [3.63, 3.8) is 0 Å². The number of carbonyl (C=O) groups excluding carboxylic acids is 1. The third kappa shape index (κ3) is 3.11. The Hall–Kier alpha value is -2.61. The summed E-state index contributed by atoms with van der Waals surface area (Å²) in [6, 6.07) is 2.52. The number of H-pyrrole nitrogens is 1. The molecule has 1 aromatic carbocycles. The fraction of sp³-hybridized carbons (Fsp3) is 0.167. The van der Waals surface area contributed by atoms with E-state index in [-0.39, 0.29) is 27.8 Å². The number of halogens is 1. The first-order valence-corrected chi connectivity index (χ1v) is 6.11. The van der Waals surface area contributed by atoms with Gasteiger partial charge in [0.1, 0.15) is 17.1 Å². The van der Waals surface area contributed by atoms with Crippen molar-refractivity contribution in [1.82, 2.24) is 15.2 Å². The van der Waals surface area contributed by atoms with Gasteiger partial charge in [-0.25, -0.2) is 9.78 Å². The second-order valence-corrected chi connectivity index (χ2v) is 4.44. The number of carboxylic acid groups (broad SMARTS) is 1. The van der Waals surface area contributed by atoms with E-state index in [4.69, 9.17) is 21.4 Å². The van der Waals surface area contributed by atoms with E-state index in [0.29, 0.717) is 5.82 Å². The first-order valence-electron chi connectivity index (χ1n) is 5.73. The van der Waals surface area contributed by atoms with Crippen molar-refractivity contribution in [2.24, 2.45) is 0 Å². The lowest BCUT2D eigenvalue weighted by atomic mass is 10.1. The number of methoxy groups -OCH3 is 1. The van der Waals surface area contributed by atoms with Crippen LogP contribution in [0.15, 0.2) is 12.1 Å². The summed E-state index contributed by atoms with van der Waals surface area (Å²) >= 11 is 5.96. The molecule has 1 amide bonds. The van der Waals surface area contributed by atoms with Crippen molar-refractivity contribution in [2.45, 2.75) is 6.92 Å². The average Bonchev–Trinajstić information content (AvgIpc) is 2.87. The van der Waals surface area contributed by atoms with Crippen LogP contribution in [0.3, 0.4) is 0 Å². The Balaban J connectivity index is 2.32. The smallest absolute Gasteiger partial charge is 0.339 e. The predicted molar refractivity (Wildman–Crippen MR) is 74.0 cm³/mol. The number of carbonyl (C=O) groups is 2. The van der Waals surface area contributed by atoms with Crippen LogP contribution in [0, 0.1) is 6.92 Å². The lowest BCUT2D eigenvalue weighted by Gasteiger charge is -2.10. The molecule has 0 bridgehead atoms. The highest BCUT2D eigenvalue weighted by Crippen LogP contribution is 2.31. The van der Waals surface area contributed by atoms with Crippen LogP contribution < -0.4 is 10.1 Å². The Labute approximate surface area is 124 Å². The third-order valence-corrected chi connectivity index (χ3v) is 2.88. The molecule has 1 heterocycles. The monoisotopic (exact) mass is 310 g/mol. The Bertz CT molecular complexity index is 713. The van der Waals surface area contributed by atoms with E-state index in [2.05, 4.69) is 20.5 Å². The summed E-state index contributed by atoms with van der Waals surface area (Å²) in [5.74, 6) is -1.24. The maximum Gasteiger partial charge on any atom is 0.339 e. The molecule has 8 nitrogen and oxygen atoms in total. The van der Waals surface area contributed by atoms with Crippen LogP contribution in [-0.2, 0) is 0 Å². The van der Waals surface area contributed by atoms with Crippen LogP contribution in [0.1, 0.15) is 26.8 Å². The van der Waals surface area contributed by atoms with Gasteiger partial charge in [-0.2, -0.15) is 0 Å². The number of amides is 1. The summed E-state index contributed by atoms with van der Waals surface area (Å²) in [7, 11) is 1.32. The molecule has 0 aliphatic heterocycles. The highest BCUT2D eigenvalue weighted by Gasteiger charge is 2.18. The zero-order valence-electron chi connectivity index (χ0n) is 11.1. The highest BCUT2D eigenvalue weighted by molar-refractivity contribution is 6.34. The van der Waals surface area contributed by atoms with Crippen molar-refractivity contribution in [1.29, 1.82) is 0 Å². The second-order valence-electron chi connectivity index (χ2n) is 4.04. The Morgan fingerprint density at radius 3 is 2.67 bits per heavy atom. The Kier molecular flexibility index (Phi) is 4.08. The number of aryl methyl sites for hydroxylation is 1. The molecular weight excluding hydrogens is 300 g/mol. The van der Waals surface area contributed by atoms with Gasteiger partial charge in [0.25, 0.3) is 5.91 Å². The van der Waals surface area contributed by atoms with Crippen LogP contribution >= 0.6 is 11.6 Å². The predicted octanol–water partition coefficient (Wildman–Crippen LogP) is 1.73. The third-order valence-electron chi connectivity index (χ3n) is 2.57. The molecule has 2 aromatic rings. The molecule has 0 radical (unpaired) electrons. The van der Waals surface area contributed by atoms with E-state index in [1.165, 1.54) is 19.2 Å². The number of benzene rings is 1. The number of anilines is 1. The van der Waals surface area contributed by atoms with Crippen molar-refractivity contribution < 1.29 is 19.4 Å². The number of carboxylic acids is 1. The van der Waals surface area contributed by atoms with Gasteiger partial charge in [0.05, 0.1) is 17.8 Å². The van der Waals surface area contributed by atoms with Crippen molar-refractivity contribution in [2.75, 3.05) is 12.4 Å². The molecule has 3 N–H and O–H groups in total. The number of hydrogen-bond donors (Lipinski definition) is 3. The van der Waals surface area contributed by atoms with Crippen LogP contribution in [0.2, 0.25) is 5.02 Å². The fourth-order valence-electron chi connectivity index (χ4n) is 1.61. The van der Waals surface area contributed by atoms with E-state index in [9.17, 15) is 9.59 Å². The maximum atomic E-state index is 11.9. The summed E-state index contributed by atoms with van der Waals surface area (Å²) in [6.45, 7) is 1.65. The van der Waals surface area contributed by atoms with Gasteiger partial charge in [-0.1, -0.05) is 11.6 Å². The number of hydrogen-bond acceptors (Lipinski definition) is 5. The van der Waals surface area contributed by atoms with Crippen molar-refractivity contribution in [3.05, 3.63) is 34.4 Å². The minimum absolute atomic E-state index is 0.0511. The van der Waals surface area contributed by atoms with Crippen LogP contribution in [0.25, 0.3) is 0 Å². The molecular formula is C12H11ClN4O4. The van der Waals surface area contributed by atoms with Gasteiger partial charge in [0, 0.05) is 6.07 Å². The minimum atomic E-state index is -1.18. The molecule has 0 saturated heterocycles. The van der Waals surface area contributed by atoms with E-state index < -0.39 is 11.9 Å². The highest BCUT2D eigenvalue weighted by atomic mass is 35.5. The van der Waals surface area contributed by atoms with Gasteiger partial charge in [0.2, 0.25) is 5.82 Å². The molecule has 110 valence electrons. The lowest BCUT2D eigenvalue weighted by Crippen LogP contribution is -2.14. The van der Waals surface area contributed by atoms with Crippen LogP contribution in [0.5, 0.6) is 5.75 Å². The minimum Gasteiger partial charge on any atom is -0.496 e. The normalized spacial score (nSPS) is 10.2. The molecule has 0 aliphatic rings. The van der Waals surface area contributed by atoms with E-state index in [1.54, 1.807) is 6.92 Å². The average molecular weight is 311 g/mol. The largest absolute Gasteiger partial charge is 0.496 e. The number of nitrogens with zero attached hydrogens (tertiary/aromatic N) is 2. The summed E-state index contributed by atoms with van der Waals surface area (Å²) in [5, 5.41) is 17.8. The SMILES string of the molecule is COc1cc(NC(=O)c2n[nH]c(C)n2)c(Cl)cc1C(=O)O. The van der Waals surface area contributed by atoms with E-state index in [1.807, 2.05) is 0 Å². The first kappa shape index (κ1) is 14.8. The quantitative estimate of drug-likeness (QED) is 0.791. The molecule has 0 aliphatic carbocycles. The van der Waals surface area contributed by atoms with E-state index >= 15 is 0 Å². The molecule has 21 heavy (non-hydrogen) atoms. The summed E-state index contributed by atoms with van der Waals surface area (Å²) in [4.78, 5) is 26.8. The number of aromatic carboxylic acids is 1. The van der Waals surface area contributed by atoms with Crippen LogP contribution in [-0.4, -0.2) is 39.3 Å². The van der Waals surface area contributed by atoms with E-state index in [0.717, 1.165) is 0 Å². The summed E-state index contributed by atoms with van der Waals surface area (Å²) in [5.41, 5.74) is 0.0974. The molecule has 0 saturated carbocycles. The number of nitrogens with one attached hydrogen (secondary N) is 2. The molecule has 2 rings (SSSR count).